The molecule has 2 heterocycles. The minimum absolute atomic E-state index is 0.153. The van der Waals surface area contributed by atoms with E-state index in [2.05, 4.69) is 4.98 Å². The van der Waals surface area contributed by atoms with E-state index in [1.54, 1.807) is 35.4 Å². The Morgan fingerprint density at radius 1 is 1.13 bits per heavy atom. The third kappa shape index (κ3) is 3.70. The molecule has 0 bridgehead atoms. The van der Waals surface area contributed by atoms with Crippen LogP contribution >= 0.6 is 0 Å². The summed E-state index contributed by atoms with van der Waals surface area (Å²) in [6.07, 6.45) is 2.34. The number of hydrogen-bond donors (Lipinski definition) is 2. The third-order valence-electron chi connectivity index (χ3n) is 3.60. The van der Waals surface area contributed by atoms with Crippen molar-refractivity contribution in [3.05, 3.63) is 84.1 Å². The second-order valence-corrected chi connectivity index (χ2v) is 5.29. The molecule has 1 aromatic carbocycles. The van der Waals surface area contributed by atoms with Crippen molar-refractivity contribution < 1.29 is 14.3 Å². The maximum Gasteiger partial charge on any atom is 0.270 e. The summed E-state index contributed by atoms with van der Waals surface area (Å²) in [7, 11) is 0. The number of hydrogen-bond acceptors (Lipinski definition) is 3. The van der Waals surface area contributed by atoms with Crippen molar-refractivity contribution in [1.82, 2.24) is 9.88 Å². The first-order chi connectivity index (χ1) is 11.2. The van der Waals surface area contributed by atoms with Gasteiger partial charge >= 0.3 is 0 Å². The molecule has 5 nitrogen and oxygen atoms in total. The Balaban J connectivity index is 1.79. The van der Waals surface area contributed by atoms with Crippen LogP contribution < -0.4 is 0 Å². The fourth-order valence-corrected chi connectivity index (χ4v) is 2.44. The van der Waals surface area contributed by atoms with E-state index in [0.717, 1.165) is 5.56 Å². The van der Waals surface area contributed by atoms with Gasteiger partial charge in [-0.05, 0) is 29.8 Å². The zero-order chi connectivity index (χ0) is 16.1. The Labute approximate surface area is 134 Å². The highest BCUT2D eigenvalue weighted by atomic mass is 16.4. The molecule has 5 heteroatoms. The molecule has 2 aromatic heterocycles. The number of benzene rings is 1. The van der Waals surface area contributed by atoms with Crippen molar-refractivity contribution >= 4 is 5.91 Å². The molecule has 0 aliphatic rings. The predicted octanol–water partition coefficient (Wildman–Crippen LogP) is 2.98. The van der Waals surface area contributed by atoms with Gasteiger partial charge in [0.2, 0.25) is 0 Å². The zero-order valence-corrected chi connectivity index (χ0v) is 12.6. The van der Waals surface area contributed by atoms with Gasteiger partial charge in [-0.25, -0.2) is 0 Å². The lowest BCUT2D eigenvalue weighted by Crippen LogP contribution is -2.34. The second-order valence-electron chi connectivity index (χ2n) is 5.29. The number of rotatable bonds is 6. The predicted molar refractivity (Wildman–Crippen MR) is 85.6 cm³/mol. The topological polar surface area (TPSA) is 69.5 Å². The van der Waals surface area contributed by atoms with Gasteiger partial charge in [-0.1, -0.05) is 30.3 Å². The summed E-state index contributed by atoms with van der Waals surface area (Å²) in [4.78, 5) is 17.2. The molecule has 0 radical (unpaired) electrons. The lowest BCUT2D eigenvalue weighted by Gasteiger charge is -2.24. The van der Waals surface area contributed by atoms with Gasteiger partial charge in [-0.3, -0.25) is 4.79 Å². The number of aromatic amines is 1. The molecular formula is C18H18N2O3. The zero-order valence-electron chi connectivity index (χ0n) is 12.6. The number of nitrogens with one attached hydrogen (secondary N) is 1. The smallest absolute Gasteiger partial charge is 0.270 e. The van der Waals surface area contributed by atoms with Crippen molar-refractivity contribution in [3.8, 4) is 0 Å². The highest BCUT2D eigenvalue weighted by Crippen LogP contribution is 2.18. The van der Waals surface area contributed by atoms with Crippen molar-refractivity contribution in [2.75, 3.05) is 6.54 Å². The van der Waals surface area contributed by atoms with Crippen LogP contribution in [0, 0.1) is 0 Å². The minimum Gasteiger partial charge on any atom is -0.467 e. The lowest BCUT2D eigenvalue weighted by molar-refractivity contribution is 0.0558. The van der Waals surface area contributed by atoms with Gasteiger partial charge < -0.3 is 19.4 Å². The SMILES string of the molecule is O=C(c1ccc[nH]1)N(Cc1ccccc1)C[C@H](O)c1ccco1. The van der Waals surface area contributed by atoms with Gasteiger partial charge in [-0.15, -0.1) is 0 Å². The average Bonchev–Trinajstić information content (AvgIpc) is 3.27. The number of aliphatic hydroxyl groups excluding tert-OH is 1. The molecule has 0 aliphatic heterocycles. The van der Waals surface area contributed by atoms with Crippen LogP contribution in [0.15, 0.2) is 71.5 Å². The van der Waals surface area contributed by atoms with Gasteiger partial charge in [0.25, 0.3) is 5.91 Å². The van der Waals surface area contributed by atoms with E-state index in [-0.39, 0.29) is 12.5 Å². The molecule has 0 saturated heterocycles. The van der Waals surface area contributed by atoms with Crippen LogP contribution in [-0.2, 0) is 6.54 Å². The first-order valence-corrected chi connectivity index (χ1v) is 7.42. The number of aliphatic hydroxyl groups is 1. The molecule has 118 valence electrons. The summed E-state index contributed by atoms with van der Waals surface area (Å²) < 4.78 is 5.22. The largest absolute Gasteiger partial charge is 0.467 e. The third-order valence-corrected chi connectivity index (χ3v) is 3.60. The molecule has 3 aromatic rings. The van der Waals surface area contributed by atoms with Crippen LogP contribution in [0.2, 0.25) is 0 Å². The molecule has 0 aliphatic carbocycles. The van der Waals surface area contributed by atoms with Crippen LogP contribution in [0.3, 0.4) is 0 Å². The van der Waals surface area contributed by atoms with E-state index in [4.69, 9.17) is 4.42 Å². The van der Waals surface area contributed by atoms with Gasteiger partial charge in [-0.2, -0.15) is 0 Å². The fourth-order valence-electron chi connectivity index (χ4n) is 2.44. The number of aromatic nitrogens is 1. The van der Waals surface area contributed by atoms with Crippen LogP contribution in [-0.4, -0.2) is 27.4 Å². The Bertz CT molecular complexity index is 721. The number of carbonyl (C=O) groups is 1. The Morgan fingerprint density at radius 2 is 1.96 bits per heavy atom. The lowest BCUT2D eigenvalue weighted by atomic mass is 10.1. The van der Waals surface area contributed by atoms with Crippen molar-refractivity contribution in [2.45, 2.75) is 12.6 Å². The Hall–Kier alpha value is -2.79. The van der Waals surface area contributed by atoms with Crippen molar-refractivity contribution in [1.29, 1.82) is 0 Å². The molecule has 2 N–H and O–H groups in total. The highest BCUT2D eigenvalue weighted by Gasteiger charge is 2.22. The van der Waals surface area contributed by atoms with E-state index < -0.39 is 6.10 Å². The van der Waals surface area contributed by atoms with Gasteiger partial charge in [0.05, 0.1) is 12.8 Å². The molecule has 0 saturated carbocycles. The summed E-state index contributed by atoms with van der Waals surface area (Å²) in [5, 5.41) is 10.3. The number of nitrogens with zero attached hydrogens (tertiary/aromatic N) is 1. The average molecular weight is 310 g/mol. The standard InChI is InChI=1S/C18H18N2O3/c21-16(17-9-5-11-23-17)13-20(12-14-6-2-1-3-7-14)18(22)15-8-4-10-19-15/h1-11,16,19,21H,12-13H2/t16-/m0/s1. The first-order valence-electron chi connectivity index (χ1n) is 7.42. The number of amides is 1. The molecule has 1 atom stereocenters. The van der Waals surface area contributed by atoms with Gasteiger partial charge in [0.1, 0.15) is 17.6 Å². The van der Waals surface area contributed by atoms with Crippen LogP contribution in [0.1, 0.15) is 27.9 Å². The first kappa shape index (κ1) is 15.1. The van der Waals surface area contributed by atoms with Crippen molar-refractivity contribution in [3.63, 3.8) is 0 Å². The normalized spacial score (nSPS) is 12.0. The van der Waals surface area contributed by atoms with Crippen molar-refractivity contribution in [2.24, 2.45) is 0 Å². The van der Waals surface area contributed by atoms with E-state index in [9.17, 15) is 9.90 Å². The van der Waals surface area contributed by atoms with Crippen LogP contribution in [0.4, 0.5) is 0 Å². The quantitative estimate of drug-likeness (QED) is 0.735. The summed E-state index contributed by atoms with van der Waals surface area (Å²) in [5.74, 6) is 0.284. The monoisotopic (exact) mass is 310 g/mol. The summed E-state index contributed by atoms with van der Waals surface area (Å²) >= 11 is 0. The van der Waals surface area contributed by atoms with E-state index in [1.165, 1.54) is 6.26 Å². The van der Waals surface area contributed by atoms with Crippen LogP contribution in [0.5, 0.6) is 0 Å². The Kier molecular flexibility index (Phi) is 4.59. The maximum atomic E-state index is 12.7. The second kappa shape index (κ2) is 6.98. The van der Waals surface area contributed by atoms with Gasteiger partial charge in [0.15, 0.2) is 0 Å². The summed E-state index contributed by atoms with van der Waals surface area (Å²) in [6.45, 7) is 0.566. The molecule has 23 heavy (non-hydrogen) atoms. The highest BCUT2D eigenvalue weighted by molar-refractivity contribution is 5.92. The fraction of sp³-hybridized carbons (Fsp3) is 0.167. The Morgan fingerprint density at radius 3 is 2.61 bits per heavy atom. The number of furan rings is 1. The van der Waals surface area contributed by atoms with E-state index >= 15 is 0 Å². The van der Waals surface area contributed by atoms with Crippen LogP contribution in [0.25, 0.3) is 0 Å². The minimum atomic E-state index is -0.868. The molecule has 1 amide bonds. The molecular weight excluding hydrogens is 292 g/mol. The molecule has 0 fully saturated rings. The van der Waals surface area contributed by atoms with E-state index in [0.29, 0.717) is 18.0 Å². The number of H-pyrrole nitrogens is 1. The van der Waals surface area contributed by atoms with E-state index in [1.807, 2.05) is 30.3 Å². The summed E-state index contributed by atoms with van der Waals surface area (Å²) in [5.41, 5.74) is 1.49. The van der Waals surface area contributed by atoms with Gasteiger partial charge in [0, 0.05) is 12.7 Å². The molecule has 0 unspecified atom stereocenters. The molecule has 3 rings (SSSR count). The summed E-state index contributed by atoms with van der Waals surface area (Å²) in [6, 6.07) is 16.6. The number of carbonyl (C=O) groups excluding carboxylic acids is 1. The maximum absolute atomic E-state index is 12.7. The molecule has 0 spiro atoms.